The molecule has 1 rings (SSSR count). The predicted octanol–water partition coefficient (Wildman–Crippen LogP) is -1.04. The number of nitrogens with two attached hydrogens (primary N) is 1. The van der Waals surface area contributed by atoms with Crippen molar-refractivity contribution in [1.29, 1.82) is 0 Å². The van der Waals surface area contributed by atoms with Gasteiger partial charge in [-0.05, 0) is 32.7 Å². The summed E-state index contributed by atoms with van der Waals surface area (Å²) in [5, 5.41) is 28.7. The maximum absolute atomic E-state index is 9.65. The van der Waals surface area contributed by atoms with Gasteiger partial charge in [-0.1, -0.05) is 0 Å². The summed E-state index contributed by atoms with van der Waals surface area (Å²) in [6.07, 6.45) is -2.22. The number of ether oxygens (including phenoxy) is 2. The van der Waals surface area contributed by atoms with Gasteiger partial charge in [0.25, 0.3) is 0 Å². The summed E-state index contributed by atoms with van der Waals surface area (Å²) in [5.41, 5.74) is 5.36. The van der Waals surface area contributed by atoms with Gasteiger partial charge < -0.3 is 30.5 Å². The highest BCUT2D eigenvalue weighted by molar-refractivity contribution is 4.87. The monoisotopic (exact) mass is 249 g/mol. The molecule has 5 atom stereocenters. The van der Waals surface area contributed by atoms with Gasteiger partial charge in [0.05, 0.1) is 6.10 Å². The van der Waals surface area contributed by atoms with E-state index in [9.17, 15) is 15.3 Å². The summed E-state index contributed by atoms with van der Waals surface area (Å²) < 4.78 is 10.6. The Morgan fingerprint density at radius 2 is 1.76 bits per heavy atom. The van der Waals surface area contributed by atoms with Crippen LogP contribution in [0.15, 0.2) is 0 Å². The van der Waals surface area contributed by atoms with Crippen molar-refractivity contribution < 1.29 is 24.8 Å². The van der Waals surface area contributed by atoms with Gasteiger partial charge in [0, 0.05) is 6.61 Å². The van der Waals surface area contributed by atoms with E-state index in [2.05, 4.69) is 0 Å². The van der Waals surface area contributed by atoms with Gasteiger partial charge in [-0.3, -0.25) is 0 Å². The van der Waals surface area contributed by atoms with Crippen molar-refractivity contribution in [3.8, 4) is 0 Å². The Morgan fingerprint density at radius 1 is 1.06 bits per heavy atom. The first-order chi connectivity index (χ1) is 8.07. The Kier molecular flexibility index (Phi) is 6.32. The predicted molar refractivity (Wildman–Crippen MR) is 61.2 cm³/mol. The Hall–Kier alpha value is -0.240. The van der Waals surface area contributed by atoms with Crippen molar-refractivity contribution >= 4 is 0 Å². The molecule has 1 saturated heterocycles. The maximum Gasteiger partial charge on any atom is 0.186 e. The summed E-state index contributed by atoms with van der Waals surface area (Å²) in [7, 11) is 0. The third-order valence-electron chi connectivity index (χ3n) is 2.94. The van der Waals surface area contributed by atoms with Gasteiger partial charge in [-0.2, -0.15) is 0 Å². The van der Waals surface area contributed by atoms with Crippen molar-refractivity contribution in [1.82, 2.24) is 0 Å². The number of hydrogen-bond acceptors (Lipinski definition) is 6. The van der Waals surface area contributed by atoms with E-state index in [4.69, 9.17) is 15.2 Å². The zero-order valence-electron chi connectivity index (χ0n) is 10.2. The molecule has 0 spiro atoms. The largest absolute Gasteiger partial charge is 0.388 e. The normalized spacial score (nSPS) is 38.3. The second-order valence-corrected chi connectivity index (χ2v) is 4.40. The fourth-order valence-electron chi connectivity index (χ4n) is 1.77. The van der Waals surface area contributed by atoms with Gasteiger partial charge in [-0.15, -0.1) is 0 Å². The van der Waals surface area contributed by atoms with E-state index in [1.165, 1.54) is 0 Å². The molecule has 0 aromatic carbocycles. The van der Waals surface area contributed by atoms with Crippen molar-refractivity contribution in [3.63, 3.8) is 0 Å². The molecule has 1 fully saturated rings. The number of hydrogen-bond donors (Lipinski definition) is 4. The Morgan fingerprint density at radius 3 is 2.41 bits per heavy atom. The lowest BCUT2D eigenvalue weighted by Gasteiger charge is -2.38. The van der Waals surface area contributed by atoms with Gasteiger partial charge in [-0.25, -0.2) is 0 Å². The van der Waals surface area contributed by atoms with Crippen LogP contribution in [0, 0.1) is 0 Å². The topological polar surface area (TPSA) is 105 Å². The Bertz CT molecular complexity index is 216. The molecule has 1 heterocycles. The molecule has 102 valence electrons. The van der Waals surface area contributed by atoms with Crippen LogP contribution in [0.4, 0.5) is 0 Å². The van der Waals surface area contributed by atoms with Crippen LogP contribution < -0.4 is 5.73 Å². The van der Waals surface area contributed by atoms with E-state index >= 15 is 0 Å². The third-order valence-corrected chi connectivity index (χ3v) is 2.94. The van der Waals surface area contributed by atoms with Crippen molar-refractivity contribution in [2.24, 2.45) is 5.73 Å². The first kappa shape index (κ1) is 14.8. The minimum Gasteiger partial charge on any atom is -0.388 e. The third kappa shape index (κ3) is 4.17. The second-order valence-electron chi connectivity index (χ2n) is 4.40. The van der Waals surface area contributed by atoms with Gasteiger partial charge in [0.2, 0.25) is 0 Å². The number of aliphatic hydroxyl groups is 3. The summed E-state index contributed by atoms with van der Waals surface area (Å²) in [4.78, 5) is 0. The highest BCUT2D eigenvalue weighted by atomic mass is 16.7. The van der Waals surface area contributed by atoms with Gasteiger partial charge in [0.1, 0.15) is 18.3 Å². The van der Waals surface area contributed by atoms with E-state index in [1.807, 2.05) is 0 Å². The Labute approximate surface area is 101 Å². The molecular weight excluding hydrogens is 226 g/mol. The quantitative estimate of drug-likeness (QED) is 0.448. The van der Waals surface area contributed by atoms with Crippen LogP contribution in [-0.4, -0.2) is 59.2 Å². The highest BCUT2D eigenvalue weighted by Gasteiger charge is 2.42. The molecule has 0 aliphatic carbocycles. The molecule has 0 unspecified atom stereocenters. The minimum absolute atomic E-state index is 0.442. The van der Waals surface area contributed by atoms with Gasteiger partial charge >= 0.3 is 0 Å². The molecular formula is C11H23NO5. The van der Waals surface area contributed by atoms with Crippen LogP contribution in [0.25, 0.3) is 0 Å². The average Bonchev–Trinajstić information content (AvgIpc) is 2.32. The first-order valence-electron chi connectivity index (χ1n) is 6.09. The summed E-state index contributed by atoms with van der Waals surface area (Å²) >= 11 is 0. The molecule has 17 heavy (non-hydrogen) atoms. The van der Waals surface area contributed by atoms with E-state index in [0.29, 0.717) is 13.2 Å². The average molecular weight is 249 g/mol. The van der Waals surface area contributed by atoms with E-state index < -0.39 is 30.7 Å². The molecule has 0 aromatic heterocycles. The fourth-order valence-corrected chi connectivity index (χ4v) is 1.77. The summed E-state index contributed by atoms with van der Waals surface area (Å²) in [6, 6.07) is 0. The van der Waals surface area contributed by atoms with Crippen LogP contribution in [0.2, 0.25) is 0 Å². The van der Waals surface area contributed by atoms with Crippen LogP contribution in [0.3, 0.4) is 0 Å². The lowest BCUT2D eigenvalue weighted by molar-refractivity contribution is -0.293. The summed E-state index contributed by atoms with van der Waals surface area (Å²) in [6.45, 7) is 2.73. The molecule has 1 aliphatic rings. The van der Waals surface area contributed by atoms with Crippen molar-refractivity contribution in [2.75, 3.05) is 13.2 Å². The van der Waals surface area contributed by atoms with Crippen LogP contribution in [0.5, 0.6) is 0 Å². The molecule has 0 saturated carbocycles. The fraction of sp³-hybridized carbons (Fsp3) is 1.00. The van der Waals surface area contributed by atoms with Crippen LogP contribution in [-0.2, 0) is 9.47 Å². The number of aliphatic hydroxyl groups excluding tert-OH is 3. The number of rotatable bonds is 6. The smallest absolute Gasteiger partial charge is 0.186 e. The van der Waals surface area contributed by atoms with Crippen molar-refractivity contribution in [2.45, 2.75) is 56.9 Å². The van der Waals surface area contributed by atoms with Crippen LogP contribution in [0.1, 0.15) is 26.2 Å². The van der Waals surface area contributed by atoms with E-state index in [0.717, 1.165) is 19.3 Å². The second kappa shape index (κ2) is 7.25. The molecule has 1 aliphatic heterocycles. The molecule has 0 bridgehead atoms. The molecule has 0 radical (unpaired) electrons. The highest BCUT2D eigenvalue weighted by Crippen LogP contribution is 2.21. The standard InChI is InChI=1S/C11H23NO5/c1-7-8(13)9(14)10(15)11(17-7)16-6-4-2-3-5-12/h7-11,13-15H,2-6,12H2,1H3/t7-,8-,9+,10+,11+/m0/s1. The SMILES string of the molecule is C[C@@H]1O[C@@H](OCCCCCN)[C@H](O)[C@H](O)[C@H]1O. The van der Waals surface area contributed by atoms with E-state index in [-0.39, 0.29) is 0 Å². The maximum atomic E-state index is 9.65. The molecule has 5 N–H and O–H groups in total. The molecule has 0 aromatic rings. The lowest BCUT2D eigenvalue weighted by atomic mass is 10.0. The van der Waals surface area contributed by atoms with Gasteiger partial charge in [0.15, 0.2) is 6.29 Å². The van der Waals surface area contributed by atoms with E-state index in [1.54, 1.807) is 6.92 Å². The molecule has 0 amide bonds. The zero-order chi connectivity index (χ0) is 12.8. The Balaban J connectivity index is 2.28. The lowest BCUT2D eigenvalue weighted by Crippen LogP contribution is -2.57. The zero-order valence-corrected chi connectivity index (χ0v) is 10.2. The minimum atomic E-state index is -1.23. The first-order valence-corrected chi connectivity index (χ1v) is 6.09. The molecule has 6 nitrogen and oxygen atoms in total. The molecule has 6 heteroatoms. The van der Waals surface area contributed by atoms with Crippen molar-refractivity contribution in [3.05, 3.63) is 0 Å². The number of unbranched alkanes of at least 4 members (excludes halogenated alkanes) is 2. The van der Waals surface area contributed by atoms with Crippen LogP contribution >= 0.6 is 0 Å². The summed E-state index contributed by atoms with van der Waals surface area (Å²) in [5.74, 6) is 0.